The lowest BCUT2D eigenvalue weighted by molar-refractivity contribution is 0.0989. The van der Waals surface area contributed by atoms with E-state index in [1.54, 1.807) is 49.4 Å². The van der Waals surface area contributed by atoms with Crippen molar-refractivity contribution in [2.75, 3.05) is 24.9 Å². The highest BCUT2D eigenvalue weighted by Crippen LogP contribution is 2.30. The summed E-state index contributed by atoms with van der Waals surface area (Å²) < 4.78 is 11.6. The molecule has 2 aromatic carbocycles. The van der Waals surface area contributed by atoms with Crippen molar-refractivity contribution in [1.29, 1.82) is 0 Å². The Bertz CT molecular complexity index is 1460. The minimum atomic E-state index is -0.677. The largest absolute Gasteiger partial charge is 0.497 e. The van der Waals surface area contributed by atoms with Gasteiger partial charge in [-0.2, -0.15) is 0 Å². The summed E-state index contributed by atoms with van der Waals surface area (Å²) in [5, 5.41) is 5.96. The van der Waals surface area contributed by atoms with E-state index in [0.717, 1.165) is 15.7 Å². The topological polar surface area (TPSA) is 111 Å². The highest BCUT2D eigenvalue weighted by Gasteiger charge is 2.27. The molecule has 0 saturated heterocycles. The van der Waals surface area contributed by atoms with Gasteiger partial charge in [0, 0.05) is 28.5 Å². The summed E-state index contributed by atoms with van der Waals surface area (Å²) in [5.41, 5.74) is 0.675. The minimum absolute atomic E-state index is 0.0233. The molecule has 2 N–H and O–H groups in total. The van der Waals surface area contributed by atoms with Crippen molar-refractivity contribution in [3.63, 3.8) is 0 Å². The fourth-order valence-electron chi connectivity index (χ4n) is 3.25. The van der Waals surface area contributed by atoms with Crippen molar-refractivity contribution >= 4 is 51.1 Å². The first-order valence-electron chi connectivity index (χ1n) is 9.94. The molecule has 0 saturated carbocycles. The van der Waals surface area contributed by atoms with Gasteiger partial charge in [0.25, 0.3) is 17.4 Å². The number of aromatic nitrogens is 2. The number of amides is 2. The van der Waals surface area contributed by atoms with Crippen LogP contribution in [0.1, 0.15) is 25.9 Å². The number of nitrogens with one attached hydrogen (secondary N) is 2. The Labute approximate surface area is 202 Å². The number of methoxy groups -OCH3 is 2. The van der Waals surface area contributed by atoms with Crippen LogP contribution in [0.2, 0.25) is 5.02 Å². The molecular weight excluding hydrogens is 480 g/mol. The van der Waals surface area contributed by atoms with Gasteiger partial charge in [0.15, 0.2) is 4.96 Å². The standard InChI is InChI=1S/C23H19ClN4O5S/c1-12-10-18(29)28-19(21(30)27-16-9-8-15(32-2)11-17(16)33-3)20(34-23(28)25-12)22(31)26-14-6-4-13(24)5-7-14/h4-11H,1-3H3,(H,26,31)(H,27,30). The van der Waals surface area contributed by atoms with Crippen LogP contribution in [0.4, 0.5) is 11.4 Å². The number of carbonyl (C=O) groups excluding carboxylic acids is 2. The lowest BCUT2D eigenvalue weighted by atomic mass is 10.2. The Balaban J connectivity index is 1.79. The Morgan fingerprint density at radius 2 is 1.74 bits per heavy atom. The van der Waals surface area contributed by atoms with E-state index < -0.39 is 17.4 Å². The van der Waals surface area contributed by atoms with E-state index in [-0.39, 0.29) is 15.5 Å². The average molecular weight is 499 g/mol. The number of benzene rings is 2. The summed E-state index contributed by atoms with van der Waals surface area (Å²) in [4.78, 5) is 43.9. The Morgan fingerprint density at radius 3 is 2.41 bits per heavy atom. The molecule has 0 aliphatic rings. The average Bonchev–Trinajstić information content (AvgIpc) is 3.21. The third-order valence-corrected chi connectivity index (χ3v) is 6.12. The van der Waals surface area contributed by atoms with Gasteiger partial charge in [-0.1, -0.05) is 22.9 Å². The molecule has 0 spiro atoms. The van der Waals surface area contributed by atoms with E-state index in [2.05, 4.69) is 15.6 Å². The SMILES string of the molecule is COc1ccc(NC(=O)c2c(C(=O)Nc3ccc(Cl)cc3)sc3nc(C)cc(=O)n23)c(OC)c1. The van der Waals surface area contributed by atoms with Crippen LogP contribution in [0.5, 0.6) is 11.5 Å². The number of carbonyl (C=O) groups is 2. The quantitative estimate of drug-likeness (QED) is 0.411. The number of anilines is 2. The molecule has 11 heteroatoms. The van der Waals surface area contributed by atoms with Crippen LogP contribution in [-0.2, 0) is 0 Å². The smallest absolute Gasteiger partial charge is 0.274 e. The van der Waals surface area contributed by atoms with Crippen LogP contribution < -0.4 is 25.7 Å². The van der Waals surface area contributed by atoms with Gasteiger partial charge in [-0.25, -0.2) is 9.38 Å². The van der Waals surface area contributed by atoms with Crippen molar-refractivity contribution in [3.8, 4) is 11.5 Å². The van der Waals surface area contributed by atoms with Gasteiger partial charge in [-0.05, 0) is 43.3 Å². The molecule has 2 heterocycles. The number of fused-ring (bicyclic) bond motifs is 1. The van der Waals surface area contributed by atoms with E-state index in [1.807, 2.05) is 0 Å². The summed E-state index contributed by atoms with van der Waals surface area (Å²) in [6.07, 6.45) is 0. The van der Waals surface area contributed by atoms with Crippen molar-refractivity contribution in [1.82, 2.24) is 9.38 Å². The highest BCUT2D eigenvalue weighted by molar-refractivity contribution is 7.19. The van der Waals surface area contributed by atoms with Crippen molar-refractivity contribution in [3.05, 3.63) is 80.2 Å². The number of hydrogen-bond donors (Lipinski definition) is 2. The molecule has 9 nitrogen and oxygen atoms in total. The second-order valence-electron chi connectivity index (χ2n) is 7.11. The third kappa shape index (κ3) is 4.59. The molecule has 4 rings (SSSR count). The van der Waals surface area contributed by atoms with E-state index in [1.165, 1.54) is 20.3 Å². The van der Waals surface area contributed by atoms with Gasteiger partial charge in [-0.3, -0.25) is 14.4 Å². The number of aryl methyl sites for hydroxylation is 1. The Kier molecular flexibility index (Phi) is 6.53. The van der Waals surface area contributed by atoms with Gasteiger partial charge < -0.3 is 20.1 Å². The van der Waals surface area contributed by atoms with Crippen LogP contribution in [0.15, 0.2) is 53.3 Å². The van der Waals surface area contributed by atoms with Gasteiger partial charge in [0.1, 0.15) is 22.1 Å². The van der Waals surface area contributed by atoms with Crippen LogP contribution >= 0.6 is 22.9 Å². The maximum atomic E-state index is 13.4. The molecule has 34 heavy (non-hydrogen) atoms. The van der Waals surface area contributed by atoms with Crippen molar-refractivity contribution in [2.45, 2.75) is 6.92 Å². The van der Waals surface area contributed by atoms with Gasteiger partial charge in [0.05, 0.1) is 19.9 Å². The monoisotopic (exact) mass is 498 g/mol. The second-order valence-corrected chi connectivity index (χ2v) is 8.53. The van der Waals surface area contributed by atoms with Gasteiger partial charge in [-0.15, -0.1) is 0 Å². The first-order valence-corrected chi connectivity index (χ1v) is 11.1. The normalized spacial score (nSPS) is 10.7. The molecule has 0 aliphatic carbocycles. The predicted octanol–water partition coefficient (Wildman–Crippen LogP) is 4.24. The highest BCUT2D eigenvalue weighted by atomic mass is 35.5. The van der Waals surface area contributed by atoms with Crippen molar-refractivity contribution < 1.29 is 19.1 Å². The molecular formula is C23H19ClN4O5S. The Hall–Kier alpha value is -3.89. The lowest BCUT2D eigenvalue weighted by Gasteiger charge is -2.12. The van der Waals surface area contributed by atoms with Crippen LogP contribution in [0.25, 0.3) is 4.96 Å². The number of nitrogens with zero attached hydrogens (tertiary/aromatic N) is 2. The van der Waals surface area contributed by atoms with Crippen LogP contribution in [0.3, 0.4) is 0 Å². The number of hydrogen-bond acceptors (Lipinski definition) is 7. The number of halogens is 1. The second kappa shape index (κ2) is 9.54. The summed E-state index contributed by atoms with van der Waals surface area (Å²) in [6, 6.07) is 12.7. The Morgan fingerprint density at radius 1 is 1.00 bits per heavy atom. The molecule has 0 aliphatic heterocycles. The van der Waals surface area contributed by atoms with E-state index in [0.29, 0.717) is 33.6 Å². The fraction of sp³-hybridized carbons (Fsp3) is 0.130. The van der Waals surface area contributed by atoms with Crippen LogP contribution in [-0.4, -0.2) is 35.4 Å². The predicted molar refractivity (Wildman–Crippen MR) is 131 cm³/mol. The van der Waals surface area contributed by atoms with E-state index in [4.69, 9.17) is 21.1 Å². The van der Waals surface area contributed by atoms with Gasteiger partial charge in [0.2, 0.25) is 0 Å². The number of rotatable bonds is 6. The molecule has 2 amide bonds. The molecule has 174 valence electrons. The maximum absolute atomic E-state index is 13.4. The first-order chi connectivity index (χ1) is 16.3. The summed E-state index contributed by atoms with van der Waals surface area (Å²) in [5.74, 6) is -0.360. The molecule has 0 bridgehead atoms. The van der Waals surface area contributed by atoms with Crippen molar-refractivity contribution in [2.24, 2.45) is 0 Å². The molecule has 2 aromatic heterocycles. The maximum Gasteiger partial charge on any atom is 0.274 e. The molecule has 0 atom stereocenters. The zero-order valence-corrected chi connectivity index (χ0v) is 19.9. The van der Waals surface area contributed by atoms with E-state index in [9.17, 15) is 14.4 Å². The third-order valence-electron chi connectivity index (χ3n) is 4.83. The molecule has 0 fully saturated rings. The van der Waals surface area contributed by atoms with Crippen LogP contribution in [0, 0.1) is 6.92 Å². The zero-order chi connectivity index (χ0) is 24.4. The van der Waals surface area contributed by atoms with Gasteiger partial charge >= 0.3 is 0 Å². The number of ether oxygens (including phenoxy) is 2. The first kappa shape index (κ1) is 23.3. The zero-order valence-electron chi connectivity index (χ0n) is 18.3. The summed E-state index contributed by atoms with van der Waals surface area (Å²) >= 11 is 6.85. The lowest BCUT2D eigenvalue weighted by Crippen LogP contribution is -2.25. The summed E-state index contributed by atoms with van der Waals surface area (Å²) in [7, 11) is 2.96. The molecule has 0 unspecified atom stereocenters. The minimum Gasteiger partial charge on any atom is -0.497 e. The molecule has 0 radical (unpaired) electrons. The number of thiazole rings is 1. The van der Waals surface area contributed by atoms with E-state index >= 15 is 0 Å². The molecule has 4 aromatic rings. The fourth-order valence-corrected chi connectivity index (χ4v) is 4.44. The summed E-state index contributed by atoms with van der Waals surface area (Å²) in [6.45, 7) is 1.66.